The predicted octanol–water partition coefficient (Wildman–Crippen LogP) is 2.74. The van der Waals surface area contributed by atoms with Gasteiger partial charge in [0.05, 0.1) is 19.2 Å². The highest BCUT2D eigenvalue weighted by Crippen LogP contribution is 2.16. The number of carbonyl (C=O) groups is 1. The van der Waals surface area contributed by atoms with E-state index in [9.17, 15) is 9.90 Å². The van der Waals surface area contributed by atoms with Crippen molar-refractivity contribution < 1.29 is 9.90 Å². The number of hydrogen-bond acceptors (Lipinski definition) is 4. The predicted molar refractivity (Wildman–Crippen MR) is 103 cm³/mol. The molecule has 0 radical (unpaired) electrons. The third-order valence-electron chi connectivity index (χ3n) is 4.54. The van der Waals surface area contributed by atoms with Crippen LogP contribution in [0.1, 0.15) is 34.8 Å². The standard InChI is InChI=1S/C21H24N4O2/c1-2-20(16-26)25(15-18-7-4-9-22-13-18)21(27)19-8-3-6-17(12-19)14-24-11-5-10-23-24/h3-13,20,26H,2,14-16H2,1H3. The van der Waals surface area contributed by atoms with Gasteiger partial charge in [-0.05, 0) is 41.8 Å². The van der Waals surface area contributed by atoms with Gasteiger partial charge in [-0.3, -0.25) is 14.5 Å². The molecule has 0 aliphatic rings. The molecule has 1 amide bonds. The minimum atomic E-state index is -0.243. The van der Waals surface area contributed by atoms with Crippen LogP contribution in [0.3, 0.4) is 0 Å². The van der Waals surface area contributed by atoms with Crippen molar-refractivity contribution in [2.75, 3.05) is 6.61 Å². The maximum atomic E-state index is 13.2. The largest absolute Gasteiger partial charge is 0.394 e. The SMILES string of the molecule is CCC(CO)N(Cc1cccnc1)C(=O)c1cccc(Cn2cccn2)c1. The van der Waals surface area contributed by atoms with E-state index in [-0.39, 0.29) is 18.6 Å². The van der Waals surface area contributed by atoms with Crippen LogP contribution < -0.4 is 0 Å². The smallest absolute Gasteiger partial charge is 0.254 e. The Bertz CT molecular complexity index is 846. The minimum absolute atomic E-state index is 0.0739. The van der Waals surface area contributed by atoms with E-state index in [0.29, 0.717) is 25.1 Å². The van der Waals surface area contributed by atoms with Crippen LogP contribution in [0.2, 0.25) is 0 Å². The molecule has 2 aromatic heterocycles. The van der Waals surface area contributed by atoms with Crippen LogP contribution in [-0.4, -0.2) is 43.3 Å². The van der Waals surface area contributed by atoms with Gasteiger partial charge in [0.25, 0.3) is 5.91 Å². The second-order valence-electron chi connectivity index (χ2n) is 6.44. The fraction of sp³-hybridized carbons (Fsp3) is 0.286. The maximum Gasteiger partial charge on any atom is 0.254 e. The van der Waals surface area contributed by atoms with Gasteiger partial charge < -0.3 is 10.0 Å². The number of hydrogen-bond donors (Lipinski definition) is 1. The molecule has 0 aliphatic carbocycles. The molecule has 6 heteroatoms. The second kappa shape index (κ2) is 9.09. The summed E-state index contributed by atoms with van der Waals surface area (Å²) >= 11 is 0. The highest BCUT2D eigenvalue weighted by atomic mass is 16.3. The molecular weight excluding hydrogens is 340 g/mol. The van der Waals surface area contributed by atoms with Gasteiger partial charge in [-0.25, -0.2) is 0 Å². The van der Waals surface area contributed by atoms with Crippen molar-refractivity contribution in [1.82, 2.24) is 19.7 Å². The van der Waals surface area contributed by atoms with E-state index in [4.69, 9.17) is 0 Å². The zero-order valence-electron chi connectivity index (χ0n) is 15.4. The molecule has 0 spiro atoms. The van der Waals surface area contributed by atoms with Crippen molar-refractivity contribution in [3.63, 3.8) is 0 Å². The molecule has 0 bridgehead atoms. The van der Waals surface area contributed by atoms with Gasteiger partial charge in [0.1, 0.15) is 0 Å². The molecule has 0 fully saturated rings. The Kier molecular flexibility index (Phi) is 6.33. The van der Waals surface area contributed by atoms with E-state index >= 15 is 0 Å². The van der Waals surface area contributed by atoms with E-state index in [1.807, 2.05) is 60.3 Å². The van der Waals surface area contributed by atoms with Crippen molar-refractivity contribution in [2.45, 2.75) is 32.5 Å². The van der Waals surface area contributed by atoms with Crippen LogP contribution in [0.15, 0.2) is 67.3 Å². The van der Waals surface area contributed by atoms with Crippen LogP contribution in [-0.2, 0) is 13.1 Å². The summed E-state index contributed by atoms with van der Waals surface area (Å²) in [5, 5.41) is 14.0. The highest BCUT2D eigenvalue weighted by Gasteiger charge is 2.23. The van der Waals surface area contributed by atoms with Gasteiger partial charge in [-0.1, -0.05) is 25.1 Å². The summed E-state index contributed by atoms with van der Waals surface area (Å²) in [5.74, 6) is -0.0953. The van der Waals surface area contributed by atoms with Crippen molar-refractivity contribution in [3.05, 3.63) is 83.9 Å². The van der Waals surface area contributed by atoms with E-state index < -0.39 is 0 Å². The van der Waals surface area contributed by atoms with Gasteiger partial charge in [0.2, 0.25) is 0 Å². The average molecular weight is 364 g/mol. The number of aromatic nitrogens is 3. The maximum absolute atomic E-state index is 13.2. The highest BCUT2D eigenvalue weighted by molar-refractivity contribution is 5.94. The molecule has 2 heterocycles. The zero-order chi connectivity index (χ0) is 19.1. The van der Waals surface area contributed by atoms with Gasteiger partial charge in [0, 0.05) is 36.9 Å². The summed E-state index contributed by atoms with van der Waals surface area (Å²) < 4.78 is 1.82. The first-order chi connectivity index (χ1) is 13.2. The lowest BCUT2D eigenvalue weighted by Crippen LogP contribution is -2.41. The number of nitrogens with zero attached hydrogens (tertiary/aromatic N) is 4. The Hall–Kier alpha value is -2.99. The van der Waals surface area contributed by atoms with Gasteiger partial charge in [-0.2, -0.15) is 5.10 Å². The fourth-order valence-corrected chi connectivity index (χ4v) is 3.05. The first-order valence-corrected chi connectivity index (χ1v) is 9.08. The summed E-state index contributed by atoms with van der Waals surface area (Å²) in [5.41, 5.74) is 2.55. The van der Waals surface area contributed by atoms with Crippen molar-refractivity contribution in [2.24, 2.45) is 0 Å². The molecule has 0 saturated heterocycles. The summed E-state index contributed by atoms with van der Waals surface area (Å²) in [6, 6.07) is 13.0. The molecule has 1 unspecified atom stereocenters. The summed E-state index contributed by atoms with van der Waals surface area (Å²) in [4.78, 5) is 19.1. The number of rotatable bonds is 8. The Balaban J connectivity index is 1.84. The van der Waals surface area contributed by atoms with Gasteiger partial charge in [0.15, 0.2) is 0 Å². The monoisotopic (exact) mass is 364 g/mol. The average Bonchev–Trinajstić information content (AvgIpc) is 3.21. The second-order valence-corrected chi connectivity index (χ2v) is 6.44. The Labute approximate surface area is 159 Å². The normalized spacial score (nSPS) is 11.9. The van der Waals surface area contributed by atoms with Crippen LogP contribution in [0.25, 0.3) is 0 Å². The van der Waals surface area contributed by atoms with Crippen molar-refractivity contribution >= 4 is 5.91 Å². The Morgan fingerprint density at radius 2 is 2.04 bits per heavy atom. The first-order valence-electron chi connectivity index (χ1n) is 9.08. The number of carbonyl (C=O) groups excluding carboxylic acids is 1. The van der Waals surface area contributed by atoms with Crippen molar-refractivity contribution in [3.8, 4) is 0 Å². The molecule has 3 aromatic rings. The molecule has 0 aliphatic heterocycles. The summed E-state index contributed by atoms with van der Waals surface area (Å²) in [6.45, 7) is 2.91. The van der Waals surface area contributed by atoms with Crippen LogP contribution >= 0.6 is 0 Å². The molecular formula is C21H24N4O2. The molecule has 3 rings (SSSR count). The summed E-state index contributed by atoms with van der Waals surface area (Å²) in [7, 11) is 0. The number of aliphatic hydroxyl groups excluding tert-OH is 1. The van der Waals surface area contributed by atoms with E-state index in [1.54, 1.807) is 23.5 Å². The lowest BCUT2D eigenvalue weighted by molar-refractivity contribution is 0.0563. The Morgan fingerprint density at radius 3 is 2.70 bits per heavy atom. The topological polar surface area (TPSA) is 71.2 Å². The number of aliphatic hydroxyl groups is 1. The number of pyridine rings is 1. The van der Waals surface area contributed by atoms with Gasteiger partial charge in [-0.15, -0.1) is 0 Å². The third kappa shape index (κ3) is 4.80. The van der Waals surface area contributed by atoms with Crippen LogP contribution in [0.5, 0.6) is 0 Å². The van der Waals surface area contributed by atoms with Crippen LogP contribution in [0, 0.1) is 0 Å². The molecule has 0 saturated carbocycles. The molecule has 140 valence electrons. The minimum Gasteiger partial charge on any atom is -0.394 e. The fourth-order valence-electron chi connectivity index (χ4n) is 3.05. The molecule has 1 atom stereocenters. The molecule has 1 N–H and O–H groups in total. The lowest BCUT2D eigenvalue weighted by Gasteiger charge is -2.30. The van der Waals surface area contributed by atoms with E-state index in [1.165, 1.54) is 0 Å². The number of amides is 1. The van der Waals surface area contributed by atoms with Crippen LogP contribution in [0.4, 0.5) is 0 Å². The molecule has 27 heavy (non-hydrogen) atoms. The van der Waals surface area contributed by atoms with Crippen molar-refractivity contribution in [1.29, 1.82) is 0 Å². The Morgan fingerprint density at radius 1 is 1.19 bits per heavy atom. The number of benzene rings is 1. The zero-order valence-corrected chi connectivity index (χ0v) is 15.4. The first kappa shape index (κ1) is 18.8. The summed E-state index contributed by atoms with van der Waals surface area (Å²) in [6.07, 6.45) is 7.76. The lowest BCUT2D eigenvalue weighted by atomic mass is 10.1. The quantitative estimate of drug-likeness (QED) is 0.667. The third-order valence-corrected chi connectivity index (χ3v) is 4.54. The van der Waals surface area contributed by atoms with Gasteiger partial charge >= 0.3 is 0 Å². The molecule has 1 aromatic carbocycles. The van der Waals surface area contributed by atoms with E-state index in [2.05, 4.69) is 10.1 Å². The van der Waals surface area contributed by atoms with E-state index in [0.717, 1.165) is 11.1 Å². The molecule has 6 nitrogen and oxygen atoms in total.